The van der Waals surface area contributed by atoms with Gasteiger partial charge in [0.05, 0.1) is 5.88 Å². The molecule has 60 valence electrons. The summed E-state index contributed by atoms with van der Waals surface area (Å²) in [5, 5.41) is 0.487. The predicted molar refractivity (Wildman–Crippen MR) is 51.2 cm³/mol. The molecule has 1 aromatic heterocycles. The van der Waals surface area contributed by atoms with Crippen LogP contribution >= 0.6 is 39.1 Å². The lowest BCUT2D eigenvalue weighted by atomic mass is 10.2. The summed E-state index contributed by atoms with van der Waals surface area (Å²) < 4.78 is 0.942. The topological polar surface area (TPSA) is 12.9 Å². The third kappa shape index (κ3) is 1.86. The maximum absolute atomic E-state index is 5.79. The summed E-state index contributed by atoms with van der Waals surface area (Å²) in [6.07, 6.45) is 1.67. The third-order valence-electron chi connectivity index (χ3n) is 1.48. The Bertz CT molecular complexity index is 275. The lowest BCUT2D eigenvalue weighted by Gasteiger charge is -2.04. The minimum Gasteiger partial charge on any atom is -0.243 e. The van der Waals surface area contributed by atoms with Crippen LogP contribution in [0.15, 0.2) is 10.7 Å². The Kier molecular flexibility index (Phi) is 3.16. The van der Waals surface area contributed by atoms with Gasteiger partial charge < -0.3 is 0 Å². The molecule has 4 heteroatoms. The van der Waals surface area contributed by atoms with Gasteiger partial charge in [-0.05, 0) is 28.4 Å². The van der Waals surface area contributed by atoms with E-state index in [4.69, 9.17) is 23.2 Å². The summed E-state index contributed by atoms with van der Waals surface area (Å²) in [6, 6.07) is 0. The average molecular weight is 255 g/mol. The molecule has 0 radical (unpaired) electrons. The van der Waals surface area contributed by atoms with E-state index in [9.17, 15) is 0 Å². The van der Waals surface area contributed by atoms with Crippen LogP contribution in [0, 0.1) is 6.92 Å². The monoisotopic (exact) mass is 253 g/mol. The molecule has 0 N–H and O–H groups in total. The van der Waals surface area contributed by atoms with Crippen LogP contribution in [-0.4, -0.2) is 4.98 Å². The second kappa shape index (κ2) is 3.74. The van der Waals surface area contributed by atoms with E-state index >= 15 is 0 Å². The molecule has 1 heterocycles. The van der Waals surface area contributed by atoms with E-state index < -0.39 is 0 Å². The van der Waals surface area contributed by atoms with E-state index in [2.05, 4.69) is 20.9 Å². The van der Waals surface area contributed by atoms with Gasteiger partial charge in [-0.25, -0.2) is 4.98 Å². The van der Waals surface area contributed by atoms with Crippen molar-refractivity contribution in [2.24, 2.45) is 0 Å². The van der Waals surface area contributed by atoms with Gasteiger partial charge in [-0.15, -0.1) is 11.6 Å². The lowest BCUT2D eigenvalue weighted by Crippen LogP contribution is -1.90. The zero-order valence-electron chi connectivity index (χ0n) is 5.87. The molecule has 1 aromatic rings. The maximum Gasteiger partial charge on any atom is 0.133 e. The number of nitrogens with zero attached hydrogens (tertiary/aromatic N) is 1. The molecule has 0 amide bonds. The molecule has 0 unspecified atom stereocenters. The zero-order valence-corrected chi connectivity index (χ0v) is 8.96. The third-order valence-corrected chi connectivity index (χ3v) is 2.88. The van der Waals surface area contributed by atoms with Gasteiger partial charge in [-0.2, -0.15) is 0 Å². The lowest BCUT2D eigenvalue weighted by molar-refractivity contribution is 1.18. The van der Waals surface area contributed by atoms with Crippen molar-refractivity contribution in [3.8, 4) is 0 Å². The van der Waals surface area contributed by atoms with E-state index in [0.717, 1.165) is 15.6 Å². The van der Waals surface area contributed by atoms with Gasteiger partial charge in [-0.3, -0.25) is 0 Å². The number of hydrogen-bond donors (Lipinski definition) is 0. The van der Waals surface area contributed by atoms with Gasteiger partial charge in [-0.1, -0.05) is 11.6 Å². The highest BCUT2D eigenvalue weighted by Crippen LogP contribution is 2.25. The smallest absolute Gasteiger partial charge is 0.133 e. The van der Waals surface area contributed by atoms with Gasteiger partial charge >= 0.3 is 0 Å². The van der Waals surface area contributed by atoms with E-state index in [1.165, 1.54) is 0 Å². The molecule has 0 aliphatic heterocycles. The average Bonchev–Trinajstić information content (AvgIpc) is 1.99. The van der Waals surface area contributed by atoms with Crippen LogP contribution in [0.4, 0.5) is 0 Å². The summed E-state index contributed by atoms with van der Waals surface area (Å²) in [7, 11) is 0. The van der Waals surface area contributed by atoms with E-state index in [0.29, 0.717) is 11.0 Å². The van der Waals surface area contributed by atoms with Crippen LogP contribution < -0.4 is 0 Å². The standard InChI is InChI=1S/C7H6BrCl2N/c1-4-5(2-9)7(10)11-3-6(4)8/h3H,2H2,1H3. The first-order chi connectivity index (χ1) is 5.16. The van der Waals surface area contributed by atoms with Crippen LogP contribution in [-0.2, 0) is 5.88 Å². The number of hydrogen-bond acceptors (Lipinski definition) is 1. The minimum atomic E-state index is 0.400. The second-order valence-corrected chi connectivity index (χ2v) is 3.61. The number of halogens is 3. The molecule has 11 heavy (non-hydrogen) atoms. The number of rotatable bonds is 1. The molecule has 0 saturated carbocycles. The summed E-state index contributed by atoms with van der Waals surface area (Å²) >= 11 is 14.8. The van der Waals surface area contributed by atoms with Crippen molar-refractivity contribution in [3.05, 3.63) is 26.9 Å². The van der Waals surface area contributed by atoms with E-state index in [1.54, 1.807) is 6.20 Å². The molecular weight excluding hydrogens is 249 g/mol. The SMILES string of the molecule is Cc1c(Br)cnc(Cl)c1CCl. The molecule has 0 spiro atoms. The fraction of sp³-hybridized carbons (Fsp3) is 0.286. The highest BCUT2D eigenvalue weighted by Gasteiger charge is 2.06. The Morgan fingerprint density at radius 2 is 2.27 bits per heavy atom. The molecule has 0 fully saturated rings. The van der Waals surface area contributed by atoms with Gasteiger partial charge in [0.2, 0.25) is 0 Å². The fourth-order valence-electron chi connectivity index (χ4n) is 0.742. The van der Waals surface area contributed by atoms with E-state index in [1.807, 2.05) is 6.92 Å². The molecule has 0 saturated heterocycles. The van der Waals surface area contributed by atoms with E-state index in [-0.39, 0.29) is 0 Å². The summed E-state index contributed by atoms with van der Waals surface area (Å²) in [4.78, 5) is 3.94. The van der Waals surface area contributed by atoms with Crippen LogP contribution in [0.1, 0.15) is 11.1 Å². The Balaban J connectivity index is 3.29. The molecular formula is C7H6BrCl2N. The first-order valence-electron chi connectivity index (χ1n) is 3.02. The minimum absolute atomic E-state index is 0.400. The van der Waals surface area contributed by atoms with Gasteiger partial charge in [0.15, 0.2) is 0 Å². The Morgan fingerprint density at radius 3 is 2.73 bits per heavy atom. The van der Waals surface area contributed by atoms with Crippen molar-refractivity contribution >= 4 is 39.1 Å². The first-order valence-corrected chi connectivity index (χ1v) is 4.72. The van der Waals surface area contributed by atoms with Gasteiger partial charge in [0, 0.05) is 16.2 Å². The van der Waals surface area contributed by atoms with Crippen molar-refractivity contribution < 1.29 is 0 Å². The van der Waals surface area contributed by atoms with Crippen molar-refractivity contribution in [3.63, 3.8) is 0 Å². The predicted octanol–water partition coefficient (Wildman–Crippen LogP) is 3.54. The summed E-state index contributed by atoms with van der Waals surface area (Å²) in [6.45, 7) is 1.95. The Morgan fingerprint density at radius 1 is 1.64 bits per heavy atom. The molecule has 1 nitrogen and oxygen atoms in total. The first kappa shape index (κ1) is 9.30. The number of aromatic nitrogens is 1. The summed E-state index contributed by atoms with van der Waals surface area (Å²) in [5.41, 5.74) is 1.95. The van der Waals surface area contributed by atoms with Crippen molar-refractivity contribution in [1.29, 1.82) is 0 Å². The zero-order chi connectivity index (χ0) is 8.43. The van der Waals surface area contributed by atoms with Crippen LogP contribution in [0.2, 0.25) is 5.15 Å². The molecule has 0 aliphatic carbocycles. The highest BCUT2D eigenvalue weighted by atomic mass is 79.9. The Hall–Kier alpha value is 0.210. The van der Waals surface area contributed by atoms with Gasteiger partial charge in [0.1, 0.15) is 5.15 Å². The molecule has 0 aromatic carbocycles. The Labute approximate surface area is 83.9 Å². The number of pyridine rings is 1. The van der Waals surface area contributed by atoms with Crippen molar-refractivity contribution in [2.45, 2.75) is 12.8 Å². The highest BCUT2D eigenvalue weighted by molar-refractivity contribution is 9.10. The largest absolute Gasteiger partial charge is 0.243 e. The second-order valence-electron chi connectivity index (χ2n) is 2.13. The molecule has 0 bridgehead atoms. The van der Waals surface area contributed by atoms with Crippen molar-refractivity contribution in [2.75, 3.05) is 0 Å². The quantitative estimate of drug-likeness (QED) is 0.552. The number of alkyl halides is 1. The molecule has 1 rings (SSSR count). The summed E-state index contributed by atoms with van der Waals surface area (Å²) in [5.74, 6) is 0.400. The fourth-order valence-corrected chi connectivity index (χ4v) is 1.74. The van der Waals surface area contributed by atoms with Gasteiger partial charge in [0.25, 0.3) is 0 Å². The van der Waals surface area contributed by atoms with Crippen LogP contribution in [0.5, 0.6) is 0 Å². The maximum atomic E-state index is 5.79. The van der Waals surface area contributed by atoms with Crippen LogP contribution in [0.3, 0.4) is 0 Å². The van der Waals surface area contributed by atoms with Crippen molar-refractivity contribution in [1.82, 2.24) is 4.98 Å². The van der Waals surface area contributed by atoms with Crippen LogP contribution in [0.25, 0.3) is 0 Å². The molecule has 0 atom stereocenters. The normalized spacial score (nSPS) is 10.2. The molecule has 0 aliphatic rings.